The summed E-state index contributed by atoms with van der Waals surface area (Å²) in [5.74, 6) is 0.145. The van der Waals surface area contributed by atoms with E-state index in [0.29, 0.717) is 11.2 Å². The quantitative estimate of drug-likeness (QED) is 0.796. The van der Waals surface area contributed by atoms with Crippen molar-refractivity contribution in [2.45, 2.75) is 45.6 Å². The van der Waals surface area contributed by atoms with Crippen LogP contribution in [0.2, 0.25) is 0 Å². The summed E-state index contributed by atoms with van der Waals surface area (Å²) < 4.78 is 0. The van der Waals surface area contributed by atoms with Gasteiger partial charge in [-0.05, 0) is 31.1 Å². The number of hydrogen-bond donors (Lipinski definition) is 2. The highest BCUT2D eigenvalue weighted by atomic mass is 16.2. The molecule has 2 N–H and O–H groups in total. The molecular formula is C11H18N4O. The second kappa shape index (κ2) is 4.23. The number of nitrogens with zero attached hydrogens (tertiary/aromatic N) is 2. The standard InChI is InChI=1S/C11H18N4O/c1-11(2)5-3-8(4-6-11)14-10(16)9-12-7-13-15-9/h7-8H,3-6H2,1-2H3,(H,14,16)(H,12,13,15). The van der Waals surface area contributed by atoms with Crippen LogP contribution in [-0.2, 0) is 0 Å². The highest BCUT2D eigenvalue weighted by molar-refractivity contribution is 5.90. The summed E-state index contributed by atoms with van der Waals surface area (Å²) in [4.78, 5) is 15.5. The smallest absolute Gasteiger partial charge is 0.288 e. The van der Waals surface area contributed by atoms with E-state index >= 15 is 0 Å². The number of aromatic nitrogens is 3. The van der Waals surface area contributed by atoms with Gasteiger partial charge in [0.05, 0.1) is 0 Å². The van der Waals surface area contributed by atoms with Crippen LogP contribution in [0.15, 0.2) is 6.33 Å². The third-order valence-corrected chi connectivity index (χ3v) is 3.30. The van der Waals surface area contributed by atoms with E-state index < -0.39 is 0 Å². The lowest BCUT2D eigenvalue weighted by atomic mass is 9.75. The lowest BCUT2D eigenvalue weighted by molar-refractivity contribution is 0.0899. The first-order chi connectivity index (χ1) is 7.57. The van der Waals surface area contributed by atoms with Crippen LogP contribution in [-0.4, -0.2) is 27.1 Å². The Morgan fingerprint density at radius 1 is 1.50 bits per heavy atom. The van der Waals surface area contributed by atoms with Crippen LogP contribution in [0.25, 0.3) is 0 Å². The maximum Gasteiger partial charge on any atom is 0.288 e. The van der Waals surface area contributed by atoms with E-state index in [0.717, 1.165) is 25.7 Å². The Labute approximate surface area is 95.0 Å². The molecule has 0 aromatic carbocycles. The van der Waals surface area contributed by atoms with E-state index in [-0.39, 0.29) is 11.9 Å². The van der Waals surface area contributed by atoms with Gasteiger partial charge in [0.1, 0.15) is 6.33 Å². The summed E-state index contributed by atoms with van der Waals surface area (Å²) in [6, 6.07) is 0.283. The largest absolute Gasteiger partial charge is 0.347 e. The van der Waals surface area contributed by atoms with Crippen molar-refractivity contribution in [1.29, 1.82) is 0 Å². The van der Waals surface area contributed by atoms with Crippen LogP contribution in [0.5, 0.6) is 0 Å². The van der Waals surface area contributed by atoms with Gasteiger partial charge in [0.15, 0.2) is 0 Å². The summed E-state index contributed by atoms with van der Waals surface area (Å²) in [6.07, 6.45) is 5.77. The fourth-order valence-electron chi connectivity index (χ4n) is 2.11. The molecule has 1 aliphatic rings. The molecule has 1 aromatic rings. The first-order valence-electron chi connectivity index (χ1n) is 5.73. The van der Waals surface area contributed by atoms with Gasteiger partial charge in [0, 0.05) is 6.04 Å². The predicted octanol–water partition coefficient (Wildman–Crippen LogP) is 1.50. The second-order valence-corrected chi connectivity index (χ2v) is 5.25. The maximum absolute atomic E-state index is 11.7. The van der Waals surface area contributed by atoms with E-state index in [4.69, 9.17) is 0 Å². The van der Waals surface area contributed by atoms with E-state index in [9.17, 15) is 4.79 Å². The van der Waals surface area contributed by atoms with Crippen LogP contribution in [0.3, 0.4) is 0 Å². The van der Waals surface area contributed by atoms with Crippen molar-refractivity contribution in [1.82, 2.24) is 20.5 Å². The summed E-state index contributed by atoms with van der Waals surface area (Å²) in [6.45, 7) is 4.56. The van der Waals surface area contributed by atoms with Crippen molar-refractivity contribution >= 4 is 5.91 Å². The van der Waals surface area contributed by atoms with E-state index in [2.05, 4.69) is 34.3 Å². The number of hydrogen-bond acceptors (Lipinski definition) is 3. The van der Waals surface area contributed by atoms with Crippen LogP contribution in [0, 0.1) is 5.41 Å². The Bertz CT molecular complexity index is 348. The molecule has 0 bridgehead atoms. The number of amides is 1. The van der Waals surface area contributed by atoms with Gasteiger partial charge in [-0.1, -0.05) is 13.8 Å². The minimum atomic E-state index is -0.151. The molecule has 0 unspecified atom stereocenters. The van der Waals surface area contributed by atoms with E-state index in [1.807, 2.05) is 0 Å². The Morgan fingerprint density at radius 3 is 2.75 bits per heavy atom. The normalized spacial score (nSPS) is 20.6. The van der Waals surface area contributed by atoms with Crippen LogP contribution in [0.1, 0.15) is 50.1 Å². The third kappa shape index (κ3) is 2.59. The lowest BCUT2D eigenvalue weighted by Gasteiger charge is -2.34. The highest BCUT2D eigenvalue weighted by Gasteiger charge is 2.27. The molecule has 88 valence electrons. The van der Waals surface area contributed by atoms with Gasteiger partial charge in [0.2, 0.25) is 5.82 Å². The molecule has 1 aromatic heterocycles. The van der Waals surface area contributed by atoms with Crippen molar-refractivity contribution in [3.63, 3.8) is 0 Å². The van der Waals surface area contributed by atoms with E-state index in [1.54, 1.807) is 0 Å². The molecule has 0 radical (unpaired) electrons. The molecule has 0 atom stereocenters. The summed E-state index contributed by atoms with van der Waals surface area (Å²) in [7, 11) is 0. The molecule has 0 saturated heterocycles. The van der Waals surface area contributed by atoms with Crippen molar-refractivity contribution < 1.29 is 4.79 Å². The minimum absolute atomic E-state index is 0.151. The zero-order chi connectivity index (χ0) is 11.6. The summed E-state index contributed by atoms with van der Waals surface area (Å²) >= 11 is 0. The fraction of sp³-hybridized carbons (Fsp3) is 0.727. The SMILES string of the molecule is CC1(C)CCC(NC(=O)c2ncn[nH]2)CC1. The lowest BCUT2D eigenvalue weighted by Crippen LogP contribution is -2.39. The first kappa shape index (κ1) is 11.1. The molecule has 5 heteroatoms. The van der Waals surface area contributed by atoms with Crippen molar-refractivity contribution in [3.8, 4) is 0 Å². The summed E-state index contributed by atoms with van der Waals surface area (Å²) in [5.41, 5.74) is 0.424. The van der Waals surface area contributed by atoms with E-state index in [1.165, 1.54) is 6.33 Å². The van der Waals surface area contributed by atoms with Gasteiger partial charge in [0.25, 0.3) is 5.91 Å². The number of nitrogens with one attached hydrogen (secondary N) is 2. The molecular weight excluding hydrogens is 204 g/mol. The number of carbonyl (C=O) groups is 1. The third-order valence-electron chi connectivity index (χ3n) is 3.30. The topological polar surface area (TPSA) is 70.7 Å². The average Bonchev–Trinajstić information content (AvgIpc) is 2.74. The number of rotatable bonds is 2. The van der Waals surface area contributed by atoms with Gasteiger partial charge >= 0.3 is 0 Å². The van der Waals surface area contributed by atoms with Crippen LogP contribution < -0.4 is 5.32 Å². The monoisotopic (exact) mass is 222 g/mol. The molecule has 1 saturated carbocycles. The number of H-pyrrole nitrogens is 1. The predicted molar refractivity (Wildman–Crippen MR) is 59.9 cm³/mol. The minimum Gasteiger partial charge on any atom is -0.347 e. The Balaban J connectivity index is 1.85. The van der Waals surface area contributed by atoms with Crippen molar-refractivity contribution in [3.05, 3.63) is 12.2 Å². The van der Waals surface area contributed by atoms with Gasteiger partial charge in [-0.2, -0.15) is 5.10 Å². The molecule has 5 nitrogen and oxygen atoms in total. The summed E-state index contributed by atoms with van der Waals surface area (Å²) in [5, 5.41) is 9.22. The number of aromatic amines is 1. The van der Waals surface area contributed by atoms with Gasteiger partial charge in [-0.25, -0.2) is 4.98 Å². The van der Waals surface area contributed by atoms with Gasteiger partial charge in [-0.15, -0.1) is 0 Å². The molecule has 1 fully saturated rings. The molecule has 1 amide bonds. The first-order valence-corrected chi connectivity index (χ1v) is 5.73. The molecule has 0 aliphatic heterocycles. The zero-order valence-electron chi connectivity index (χ0n) is 9.79. The van der Waals surface area contributed by atoms with Crippen LogP contribution >= 0.6 is 0 Å². The van der Waals surface area contributed by atoms with Crippen molar-refractivity contribution in [2.75, 3.05) is 0 Å². The molecule has 16 heavy (non-hydrogen) atoms. The maximum atomic E-state index is 11.7. The second-order valence-electron chi connectivity index (χ2n) is 5.25. The fourth-order valence-corrected chi connectivity index (χ4v) is 2.11. The zero-order valence-corrected chi connectivity index (χ0v) is 9.79. The molecule has 1 aliphatic carbocycles. The van der Waals surface area contributed by atoms with Gasteiger partial charge in [-0.3, -0.25) is 9.89 Å². The Morgan fingerprint density at radius 2 is 2.19 bits per heavy atom. The van der Waals surface area contributed by atoms with Gasteiger partial charge < -0.3 is 5.32 Å². The Hall–Kier alpha value is -1.39. The molecule has 1 heterocycles. The Kier molecular flexibility index (Phi) is 2.94. The average molecular weight is 222 g/mol. The van der Waals surface area contributed by atoms with Crippen molar-refractivity contribution in [2.24, 2.45) is 5.41 Å². The highest BCUT2D eigenvalue weighted by Crippen LogP contribution is 2.34. The van der Waals surface area contributed by atoms with Crippen LogP contribution in [0.4, 0.5) is 0 Å². The molecule has 0 spiro atoms. The number of carbonyl (C=O) groups excluding carboxylic acids is 1. The molecule has 2 rings (SSSR count).